The third-order valence-corrected chi connectivity index (χ3v) is 3.33. The van der Waals surface area contributed by atoms with E-state index in [4.69, 9.17) is 27.7 Å². The summed E-state index contributed by atoms with van der Waals surface area (Å²) in [6.07, 6.45) is 0.273. The fourth-order valence-electron chi connectivity index (χ4n) is 1.58. The van der Waals surface area contributed by atoms with E-state index in [9.17, 15) is 4.79 Å². The number of nitrogens with zero attached hydrogens (tertiary/aromatic N) is 1. The fraction of sp³-hybridized carbons (Fsp3) is 0.231. The van der Waals surface area contributed by atoms with E-state index >= 15 is 0 Å². The number of halogens is 2. The monoisotopic (exact) mass is 313 g/mol. The van der Waals surface area contributed by atoms with Gasteiger partial charge in [0.1, 0.15) is 5.76 Å². The maximum Gasteiger partial charge on any atom is 0.227 e. The minimum Gasteiger partial charge on any atom is -0.383 e. The van der Waals surface area contributed by atoms with E-state index in [0.717, 1.165) is 0 Å². The molecule has 0 bridgehead atoms. The molecule has 0 saturated carbocycles. The van der Waals surface area contributed by atoms with Crippen molar-refractivity contribution in [2.75, 3.05) is 17.2 Å². The van der Waals surface area contributed by atoms with Gasteiger partial charge in [0.25, 0.3) is 0 Å². The standard InChI is InChI=1S/C13H13Cl2N3O2/c1-8-7-11(18-20-8)17-12(19)5-6-16-10-4-2-3-9(14)13(10)15/h2-4,7,16H,5-6H2,1H3,(H,17,18,19). The Labute approximate surface area is 126 Å². The number of carbonyl (C=O) groups is 1. The first-order valence-electron chi connectivity index (χ1n) is 5.97. The van der Waals surface area contributed by atoms with Crippen molar-refractivity contribution < 1.29 is 9.32 Å². The predicted molar refractivity (Wildman–Crippen MR) is 79.4 cm³/mol. The summed E-state index contributed by atoms with van der Waals surface area (Å²) in [6.45, 7) is 2.19. The lowest BCUT2D eigenvalue weighted by Gasteiger charge is -2.08. The molecule has 2 aromatic rings. The number of amides is 1. The molecule has 2 N–H and O–H groups in total. The topological polar surface area (TPSA) is 67.2 Å². The molecule has 0 aliphatic heterocycles. The lowest BCUT2D eigenvalue weighted by Crippen LogP contribution is -2.16. The van der Waals surface area contributed by atoms with Crippen LogP contribution >= 0.6 is 23.2 Å². The molecule has 106 valence electrons. The van der Waals surface area contributed by atoms with E-state index in [1.807, 2.05) is 0 Å². The first-order valence-corrected chi connectivity index (χ1v) is 6.73. The normalized spacial score (nSPS) is 10.3. The quantitative estimate of drug-likeness (QED) is 0.882. The van der Waals surface area contributed by atoms with E-state index in [-0.39, 0.29) is 12.3 Å². The Morgan fingerprint density at radius 1 is 1.40 bits per heavy atom. The van der Waals surface area contributed by atoms with Crippen LogP contribution in [0.1, 0.15) is 12.2 Å². The van der Waals surface area contributed by atoms with Gasteiger partial charge in [-0.05, 0) is 19.1 Å². The number of hydrogen-bond acceptors (Lipinski definition) is 4. The van der Waals surface area contributed by atoms with E-state index in [2.05, 4.69) is 15.8 Å². The van der Waals surface area contributed by atoms with E-state index in [0.29, 0.717) is 33.9 Å². The average molecular weight is 314 g/mol. The van der Waals surface area contributed by atoms with E-state index < -0.39 is 0 Å². The highest BCUT2D eigenvalue weighted by atomic mass is 35.5. The molecule has 0 radical (unpaired) electrons. The van der Waals surface area contributed by atoms with Gasteiger partial charge in [-0.3, -0.25) is 4.79 Å². The maximum absolute atomic E-state index is 11.7. The van der Waals surface area contributed by atoms with Crippen LogP contribution in [0.4, 0.5) is 11.5 Å². The number of nitrogens with one attached hydrogen (secondary N) is 2. The van der Waals surface area contributed by atoms with Gasteiger partial charge in [0, 0.05) is 19.0 Å². The first kappa shape index (κ1) is 14.7. The molecular formula is C13H13Cl2N3O2. The van der Waals surface area contributed by atoms with Crippen LogP contribution in [-0.2, 0) is 4.79 Å². The van der Waals surface area contributed by atoms with Gasteiger partial charge in [0.15, 0.2) is 5.82 Å². The van der Waals surface area contributed by atoms with Crippen molar-refractivity contribution in [2.24, 2.45) is 0 Å². The van der Waals surface area contributed by atoms with Crippen LogP contribution < -0.4 is 10.6 Å². The summed E-state index contributed by atoms with van der Waals surface area (Å²) in [5, 5.41) is 10.3. The first-order chi connectivity index (χ1) is 9.56. The lowest BCUT2D eigenvalue weighted by molar-refractivity contribution is -0.116. The minimum absolute atomic E-state index is 0.163. The Bertz CT molecular complexity index is 613. The number of benzene rings is 1. The summed E-state index contributed by atoms with van der Waals surface area (Å²) in [5.41, 5.74) is 0.698. The Kier molecular flexibility index (Phi) is 4.87. The minimum atomic E-state index is -0.163. The molecule has 1 heterocycles. The highest BCUT2D eigenvalue weighted by Gasteiger charge is 2.07. The van der Waals surface area contributed by atoms with Gasteiger partial charge >= 0.3 is 0 Å². The number of hydrogen-bond donors (Lipinski definition) is 2. The molecule has 0 atom stereocenters. The highest BCUT2D eigenvalue weighted by molar-refractivity contribution is 6.43. The maximum atomic E-state index is 11.7. The van der Waals surface area contributed by atoms with Gasteiger partial charge in [0.05, 0.1) is 15.7 Å². The molecule has 1 aromatic heterocycles. The van der Waals surface area contributed by atoms with Crippen LogP contribution in [-0.4, -0.2) is 17.6 Å². The average Bonchev–Trinajstić information content (AvgIpc) is 2.80. The van der Waals surface area contributed by atoms with E-state index in [1.165, 1.54) is 0 Å². The summed E-state index contributed by atoms with van der Waals surface area (Å²) >= 11 is 11.9. The number of rotatable bonds is 5. The second-order valence-electron chi connectivity index (χ2n) is 4.15. The second kappa shape index (κ2) is 6.63. The molecule has 7 heteroatoms. The molecular weight excluding hydrogens is 301 g/mol. The summed E-state index contributed by atoms with van der Waals surface area (Å²) in [7, 11) is 0. The molecule has 0 spiro atoms. The zero-order chi connectivity index (χ0) is 14.5. The Balaban J connectivity index is 1.81. The van der Waals surface area contributed by atoms with E-state index in [1.54, 1.807) is 31.2 Å². The predicted octanol–water partition coefficient (Wildman–Crippen LogP) is 3.73. The van der Waals surface area contributed by atoms with Gasteiger partial charge < -0.3 is 15.2 Å². The molecule has 0 unspecified atom stereocenters. The molecule has 5 nitrogen and oxygen atoms in total. The van der Waals surface area contributed by atoms with Crippen molar-refractivity contribution in [1.82, 2.24) is 5.16 Å². The summed E-state index contributed by atoms with van der Waals surface area (Å²) in [5.74, 6) is 0.890. The fourth-order valence-corrected chi connectivity index (χ4v) is 1.95. The van der Waals surface area contributed by atoms with Crippen LogP contribution in [0.15, 0.2) is 28.8 Å². The van der Waals surface area contributed by atoms with Gasteiger partial charge in [-0.25, -0.2) is 0 Å². The molecule has 0 aliphatic carbocycles. The molecule has 2 rings (SSSR count). The SMILES string of the molecule is Cc1cc(NC(=O)CCNc2cccc(Cl)c2Cl)no1. The molecule has 0 fully saturated rings. The van der Waals surface area contributed by atoms with Crippen LogP contribution in [0.25, 0.3) is 0 Å². The van der Waals surface area contributed by atoms with Gasteiger partial charge in [-0.15, -0.1) is 0 Å². The highest BCUT2D eigenvalue weighted by Crippen LogP contribution is 2.29. The Morgan fingerprint density at radius 2 is 2.20 bits per heavy atom. The Hall–Kier alpha value is -1.72. The van der Waals surface area contributed by atoms with Crippen molar-refractivity contribution >= 4 is 40.6 Å². The number of carbonyl (C=O) groups excluding carboxylic acids is 1. The Morgan fingerprint density at radius 3 is 2.90 bits per heavy atom. The molecule has 20 heavy (non-hydrogen) atoms. The third kappa shape index (κ3) is 3.88. The van der Waals surface area contributed by atoms with Crippen molar-refractivity contribution in [3.63, 3.8) is 0 Å². The molecule has 0 aliphatic rings. The van der Waals surface area contributed by atoms with Crippen molar-refractivity contribution in [2.45, 2.75) is 13.3 Å². The zero-order valence-electron chi connectivity index (χ0n) is 10.7. The number of aryl methyl sites for hydroxylation is 1. The van der Waals surface area contributed by atoms with Gasteiger partial charge in [0.2, 0.25) is 5.91 Å². The van der Waals surface area contributed by atoms with Crippen molar-refractivity contribution in [3.05, 3.63) is 40.1 Å². The van der Waals surface area contributed by atoms with Crippen LogP contribution in [0.2, 0.25) is 10.0 Å². The summed E-state index contributed by atoms with van der Waals surface area (Å²) in [4.78, 5) is 11.7. The number of anilines is 2. The largest absolute Gasteiger partial charge is 0.383 e. The molecule has 1 aromatic carbocycles. The smallest absolute Gasteiger partial charge is 0.227 e. The van der Waals surface area contributed by atoms with Crippen LogP contribution in [0, 0.1) is 6.92 Å². The third-order valence-electron chi connectivity index (χ3n) is 2.51. The summed E-state index contributed by atoms with van der Waals surface area (Å²) < 4.78 is 4.86. The van der Waals surface area contributed by atoms with Crippen molar-refractivity contribution in [1.29, 1.82) is 0 Å². The summed E-state index contributed by atoms with van der Waals surface area (Å²) in [6, 6.07) is 6.94. The molecule has 1 amide bonds. The van der Waals surface area contributed by atoms with Crippen LogP contribution in [0.5, 0.6) is 0 Å². The lowest BCUT2D eigenvalue weighted by atomic mass is 10.3. The second-order valence-corrected chi connectivity index (χ2v) is 4.93. The zero-order valence-corrected chi connectivity index (χ0v) is 12.3. The molecule has 0 saturated heterocycles. The number of aromatic nitrogens is 1. The van der Waals surface area contributed by atoms with Crippen LogP contribution in [0.3, 0.4) is 0 Å². The van der Waals surface area contributed by atoms with Gasteiger partial charge in [-0.1, -0.05) is 34.4 Å². The van der Waals surface area contributed by atoms with Gasteiger partial charge in [-0.2, -0.15) is 0 Å². The van der Waals surface area contributed by atoms with Crippen molar-refractivity contribution in [3.8, 4) is 0 Å².